The summed E-state index contributed by atoms with van der Waals surface area (Å²) in [5.74, 6) is 1.60. The Kier molecular flexibility index (Phi) is 8.36. The van der Waals surface area contributed by atoms with Crippen LogP contribution < -0.4 is 4.74 Å². The first-order chi connectivity index (χ1) is 12.2. The molecule has 0 aliphatic heterocycles. The SMILES string of the molecule is CCCCN=C(SCc1ccccc1)C(Cl)(CC)Oc1ccccc1. The van der Waals surface area contributed by atoms with Crippen LogP contribution in [0.1, 0.15) is 38.7 Å². The molecule has 0 fully saturated rings. The van der Waals surface area contributed by atoms with E-state index in [4.69, 9.17) is 21.3 Å². The zero-order valence-corrected chi connectivity index (χ0v) is 16.5. The van der Waals surface area contributed by atoms with Gasteiger partial charge >= 0.3 is 0 Å². The van der Waals surface area contributed by atoms with Gasteiger partial charge < -0.3 is 4.74 Å². The van der Waals surface area contributed by atoms with Gasteiger partial charge in [0, 0.05) is 18.7 Å². The average Bonchev–Trinajstić information content (AvgIpc) is 2.66. The number of ether oxygens (including phenoxy) is 1. The molecule has 0 aromatic heterocycles. The Hall–Kier alpha value is -1.45. The van der Waals surface area contributed by atoms with Gasteiger partial charge in [0.1, 0.15) is 10.8 Å². The van der Waals surface area contributed by atoms with E-state index in [-0.39, 0.29) is 0 Å². The van der Waals surface area contributed by atoms with Crippen LogP contribution in [0.3, 0.4) is 0 Å². The molecule has 0 amide bonds. The van der Waals surface area contributed by atoms with Crippen molar-refractivity contribution in [1.29, 1.82) is 0 Å². The van der Waals surface area contributed by atoms with Crippen LogP contribution in [-0.2, 0) is 5.75 Å². The van der Waals surface area contributed by atoms with Crippen LogP contribution >= 0.6 is 23.4 Å². The van der Waals surface area contributed by atoms with Gasteiger partial charge in [0.25, 0.3) is 0 Å². The second kappa shape index (κ2) is 10.5. The Morgan fingerprint density at radius 2 is 1.68 bits per heavy atom. The first-order valence-electron chi connectivity index (χ1n) is 8.82. The average molecular weight is 376 g/mol. The highest BCUT2D eigenvalue weighted by atomic mass is 35.5. The second-order valence-corrected chi connectivity index (χ2v) is 7.39. The number of halogens is 1. The zero-order valence-electron chi connectivity index (χ0n) is 15.0. The number of thioether (sulfide) groups is 1. The molecule has 134 valence electrons. The van der Waals surface area contributed by atoms with Crippen molar-refractivity contribution in [1.82, 2.24) is 0 Å². The van der Waals surface area contributed by atoms with Crippen LogP contribution in [0.15, 0.2) is 65.7 Å². The molecular formula is C21H26ClNOS. The molecule has 0 saturated heterocycles. The number of unbranched alkanes of at least 4 members (excludes halogenated alkanes) is 1. The van der Waals surface area contributed by atoms with Gasteiger partial charge in [-0.1, -0.05) is 80.4 Å². The molecule has 0 radical (unpaired) electrons. The standard InChI is InChI=1S/C21H26ClNOS/c1-3-5-16-23-20(25-17-18-12-8-6-9-13-18)21(22,4-2)24-19-14-10-7-11-15-19/h6-15H,3-5,16-17H2,1-2H3. The molecule has 2 aromatic carbocycles. The third kappa shape index (κ3) is 6.41. The second-order valence-electron chi connectivity index (χ2n) is 5.81. The molecule has 0 bridgehead atoms. The van der Waals surface area contributed by atoms with Crippen LogP contribution in [-0.4, -0.2) is 16.6 Å². The minimum atomic E-state index is -0.922. The summed E-state index contributed by atoms with van der Waals surface area (Å²) in [6.45, 7) is 4.98. The lowest BCUT2D eigenvalue weighted by Gasteiger charge is -2.28. The molecule has 0 aliphatic carbocycles. The monoisotopic (exact) mass is 375 g/mol. The number of nitrogens with zero attached hydrogens (tertiary/aromatic N) is 1. The molecule has 0 aliphatic rings. The van der Waals surface area contributed by atoms with E-state index in [0.717, 1.165) is 35.9 Å². The van der Waals surface area contributed by atoms with Gasteiger partial charge in [0.2, 0.25) is 5.06 Å². The molecule has 2 nitrogen and oxygen atoms in total. The largest absolute Gasteiger partial charge is 0.466 e. The van der Waals surface area contributed by atoms with Crippen molar-refractivity contribution >= 4 is 28.4 Å². The number of benzene rings is 2. The predicted molar refractivity (Wildman–Crippen MR) is 111 cm³/mol. The molecule has 2 rings (SSSR count). The molecule has 2 aromatic rings. The first-order valence-corrected chi connectivity index (χ1v) is 10.2. The van der Waals surface area contributed by atoms with Gasteiger partial charge in [-0.15, -0.1) is 11.8 Å². The molecular weight excluding hydrogens is 350 g/mol. The smallest absolute Gasteiger partial charge is 0.229 e. The van der Waals surface area contributed by atoms with Crippen LogP contribution in [0.2, 0.25) is 0 Å². The Morgan fingerprint density at radius 1 is 1.04 bits per heavy atom. The van der Waals surface area contributed by atoms with E-state index in [1.165, 1.54) is 5.56 Å². The highest BCUT2D eigenvalue weighted by molar-refractivity contribution is 8.13. The number of para-hydroxylation sites is 1. The fourth-order valence-corrected chi connectivity index (χ4v) is 3.67. The number of aliphatic imine (C=N–C) groups is 1. The highest BCUT2D eigenvalue weighted by Crippen LogP contribution is 2.33. The van der Waals surface area contributed by atoms with Crippen molar-refractivity contribution in [2.75, 3.05) is 6.54 Å². The summed E-state index contributed by atoms with van der Waals surface area (Å²) in [5, 5.41) is -0.0630. The Morgan fingerprint density at radius 3 is 2.28 bits per heavy atom. The normalized spacial score (nSPS) is 14.1. The maximum atomic E-state index is 6.90. The summed E-state index contributed by atoms with van der Waals surface area (Å²) < 4.78 is 6.15. The van der Waals surface area contributed by atoms with Crippen molar-refractivity contribution in [3.63, 3.8) is 0 Å². The quantitative estimate of drug-likeness (QED) is 0.215. The minimum absolute atomic E-state index is 0.649. The third-order valence-electron chi connectivity index (χ3n) is 3.78. The fraction of sp³-hybridized carbons (Fsp3) is 0.381. The zero-order chi connectivity index (χ0) is 18.0. The lowest BCUT2D eigenvalue weighted by molar-refractivity contribution is 0.225. The van der Waals surface area contributed by atoms with E-state index >= 15 is 0 Å². The van der Waals surface area contributed by atoms with E-state index in [9.17, 15) is 0 Å². The van der Waals surface area contributed by atoms with E-state index in [1.807, 2.05) is 43.3 Å². The summed E-state index contributed by atoms with van der Waals surface area (Å²) in [7, 11) is 0. The van der Waals surface area contributed by atoms with E-state index in [1.54, 1.807) is 11.8 Å². The van der Waals surface area contributed by atoms with Crippen molar-refractivity contribution < 1.29 is 4.74 Å². The summed E-state index contributed by atoms with van der Waals surface area (Å²) >= 11 is 8.56. The molecule has 25 heavy (non-hydrogen) atoms. The lowest BCUT2D eigenvalue weighted by Crippen LogP contribution is -2.37. The summed E-state index contributed by atoms with van der Waals surface area (Å²) in [5.41, 5.74) is 1.26. The van der Waals surface area contributed by atoms with Gasteiger partial charge in [-0.25, -0.2) is 0 Å². The van der Waals surface area contributed by atoms with Crippen LogP contribution in [0, 0.1) is 0 Å². The molecule has 1 unspecified atom stereocenters. The molecule has 0 spiro atoms. The number of rotatable bonds is 9. The Labute approximate surface area is 160 Å². The van der Waals surface area contributed by atoms with Crippen molar-refractivity contribution in [3.8, 4) is 5.75 Å². The van der Waals surface area contributed by atoms with Crippen molar-refractivity contribution in [2.45, 2.75) is 43.9 Å². The van der Waals surface area contributed by atoms with Gasteiger partial charge in [0.15, 0.2) is 0 Å². The predicted octanol–water partition coefficient (Wildman–Crippen LogP) is 6.54. The minimum Gasteiger partial charge on any atom is -0.466 e. The van der Waals surface area contributed by atoms with E-state index < -0.39 is 5.06 Å². The van der Waals surface area contributed by atoms with Crippen LogP contribution in [0.25, 0.3) is 0 Å². The van der Waals surface area contributed by atoms with Crippen LogP contribution in [0.5, 0.6) is 5.75 Å². The topological polar surface area (TPSA) is 21.6 Å². The molecule has 1 atom stereocenters. The molecule has 0 N–H and O–H groups in total. The van der Waals surface area contributed by atoms with E-state index in [2.05, 4.69) is 31.2 Å². The van der Waals surface area contributed by atoms with Gasteiger partial charge in [-0.05, 0) is 24.1 Å². The maximum Gasteiger partial charge on any atom is 0.229 e. The Balaban J connectivity index is 2.16. The third-order valence-corrected chi connectivity index (χ3v) is 5.63. The van der Waals surface area contributed by atoms with Crippen molar-refractivity contribution in [3.05, 3.63) is 66.2 Å². The lowest BCUT2D eigenvalue weighted by atomic mass is 10.2. The highest BCUT2D eigenvalue weighted by Gasteiger charge is 2.34. The van der Waals surface area contributed by atoms with Gasteiger partial charge in [-0.3, -0.25) is 4.99 Å². The van der Waals surface area contributed by atoms with Crippen LogP contribution in [0.4, 0.5) is 0 Å². The van der Waals surface area contributed by atoms with Gasteiger partial charge in [-0.2, -0.15) is 0 Å². The maximum absolute atomic E-state index is 6.90. The number of hydrogen-bond donors (Lipinski definition) is 0. The number of hydrogen-bond acceptors (Lipinski definition) is 3. The first kappa shape index (κ1) is 19.9. The summed E-state index contributed by atoms with van der Waals surface area (Å²) in [4.78, 5) is 4.79. The number of alkyl halides is 1. The van der Waals surface area contributed by atoms with Crippen molar-refractivity contribution in [2.24, 2.45) is 4.99 Å². The molecule has 0 saturated carbocycles. The Bertz CT molecular complexity index is 647. The van der Waals surface area contributed by atoms with Gasteiger partial charge in [0.05, 0.1) is 0 Å². The van der Waals surface area contributed by atoms with E-state index in [0.29, 0.717) is 6.42 Å². The fourth-order valence-electron chi connectivity index (χ4n) is 2.28. The summed E-state index contributed by atoms with van der Waals surface area (Å²) in [6.07, 6.45) is 2.81. The molecule has 0 heterocycles. The molecule has 4 heteroatoms. The summed E-state index contributed by atoms with van der Waals surface area (Å²) in [6, 6.07) is 20.1.